The van der Waals surface area contributed by atoms with Crippen LogP contribution in [0.4, 0.5) is 0 Å². The molecular weight excluding hydrogens is 226 g/mol. The van der Waals surface area contributed by atoms with E-state index in [9.17, 15) is 4.79 Å². The molecule has 4 nitrogen and oxygen atoms in total. The predicted molar refractivity (Wildman–Crippen MR) is 65.9 cm³/mol. The lowest BCUT2D eigenvalue weighted by molar-refractivity contribution is -0.149. The van der Waals surface area contributed by atoms with Crippen molar-refractivity contribution in [3.63, 3.8) is 0 Å². The van der Waals surface area contributed by atoms with Crippen molar-refractivity contribution in [2.24, 2.45) is 5.92 Å². The minimum atomic E-state index is -0.835. The van der Waals surface area contributed by atoms with Crippen molar-refractivity contribution >= 4 is 17.7 Å². The van der Waals surface area contributed by atoms with E-state index in [1.165, 1.54) is 0 Å². The molecule has 1 rings (SSSR count). The minimum Gasteiger partial charge on any atom is -0.479 e. The molecule has 2 N–H and O–H groups in total. The lowest BCUT2D eigenvalue weighted by atomic mass is 10.2. The van der Waals surface area contributed by atoms with Crippen LogP contribution in [0.1, 0.15) is 19.8 Å². The van der Waals surface area contributed by atoms with Crippen molar-refractivity contribution in [1.29, 1.82) is 0 Å². The Balaban J connectivity index is 2.09. The first-order valence-corrected chi connectivity index (χ1v) is 7.10. The molecule has 0 amide bonds. The molecule has 0 saturated carbocycles. The molecule has 3 atom stereocenters. The van der Waals surface area contributed by atoms with E-state index in [0.29, 0.717) is 12.3 Å². The monoisotopic (exact) mass is 247 g/mol. The van der Waals surface area contributed by atoms with E-state index in [4.69, 9.17) is 9.84 Å². The van der Waals surface area contributed by atoms with Crippen molar-refractivity contribution in [3.05, 3.63) is 0 Å². The topological polar surface area (TPSA) is 58.6 Å². The smallest absolute Gasteiger partial charge is 0.332 e. The number of carbonyl (C=O) groups is 1. The summed E-state index contributed by atoms with van der Waals surface area (Å²) in [7, 11) is 0. The van der Waals surface area contributed by atoms with Gasteiger partial charge in [0.1, 0.15) is 0 Å². The zero-order valence-corrected chi connectivity index (χ0v) is 10.8. The molecule has 0 bridgehead atoms. The normalized spacial score (nSPS) is 26.9. The van der Waals surface area contributed by atoms with Crippen LogP contribution in [0.25, 0.3) is 0 Å². The first-order valence-electron chi connectivity index (χ1n) is 5.71. The number of hydrogen-bond donors (Lipinski definition) is 2. The molecule has 0 radical (unpaired) electrons. The minimum absolute atomic E-state index is 0.0718. The largest absolute Gasteiger partial charge is 0.479 e. The number of rotatable bonds is 7. The third-order valence-corrected chi connectivity index (χ3v) is 3.60. The van der Waals surface area contributed by atoms with E-state index in [2.05, 4.69) is 18.5 Å². The Morgan fingerprint density at radius 1 is 1.62 bits per heavy atom. The van der Waals surface area contributed by atoms with Crippen LogP contribution < -0.4 is 5.32 Å². The fourth-order valence-corrected chi connectivity index (χ4v) is 2.56. The van der Waals surface area contributed by atoms with Gasteiger partial charge in [-0.25, -0.2) is 4.79 Å². The van der Waals surface area contributed by atoms with Crippen LogP contribution in [0.2, 0.25) is 0 Å². The van der Waals surface area contributed by atoms with Gasteiger partial charge < -0.3 is 15.2 Å². The number of hydrogen-bond acceptors (Lipinski definition) is 4. The van der Waals surface area contributed by atoms with Crippen molar-refractivity contribution in [2.45, 2.75) is 32.0 Å². The van der Waals surface area contributed by atoms with Gasteiger partial charge in [-0.05, 0) is 37.3 Å². The molecule has 1 saturated heterocycles. The molecular formula is C11H21NO3S. The van der Waals surface area contributed by atoms with E-state index < -0.39 is 12.1 Å². The van der Waals surface area contributed by atoms with Crippen LogP contribution in [0, 0.1) is 5.92 Å². The van der Waals surface area contributed by atoms with Crippen LogP contribution >= 0.6 is 11.8 Å². The Kier molecular flexibility index (Phi) is 6.16. The summed E-state index contributed by atoms with van der Waals surface area (Å²) in [6, 6.07) is 0. The highest BCUT2D eigenvalue weighted by Crippen LogP contribution is 2.19. The van der Waals surface area contributed by atoms with Crippen molar-refractivity contribution < 1.29 is 14.6 Å². The number of thioether (sulfide) groups is 1. The summed E-state index contributed by atoms with van der Waals surface area (Å²) in [6.07, 6.45) is 3.08. The SMILES string of the molecule is CSCC(C)CNCC1CCC(C(=O)O)O1. The number of ether oxygens (including phenoxy) is 1. The number of carboxylic acid groups (broad SMARTS) is 1. The predicted octanol–water partition coefficient (Wildman–Crippen LogP) is 1.21. The van der Waals surface area contributed by atoms with Gasteiger partial charge in [0.05, 0.1) is 6.10 Å². The van der Waals surface area contributed by atoms with E-state index in [1.54, 1.807) is 0 Å². The first-order chi connectivity index (χ1) is 7.63. The van der Waals surface area contributed by atoms with E-state index >= 15 is 0 Å². The highest BCUT2D eigenvalue weighted by molar-refractivity contribution is 7.98. The average molecular weight is 247 g/mol. The van der Waals surface area contributed by atoms with Gasteiger partial charge in [-0.3, -0.25) is 0 Å². The van der Waals surface area contributed by atoms with Gasteiger partial charge in [0.25, 0.3) is 0 Å². The summed E-state index contributed by atoms with van der Waals surface area (Å²) in [5, 5.41) is 12.1. The fourth-order valence-electron chi connectivity index (χ4n) is 1.87. The quantitative estimate of drug-likeness (QED) is 0.708. The molecule has 5 heteroatoms. The Morgan fingerprint density at radius 2 is 2.38 bits per heavy atom. The lowest BCUT2D eigenvalue weighted by Gasteiger charge is -2.15. The van der Waals surface area contributed by atoms with Gasteiger partial charge in [0, 0.05) is 6.54 Å². The van der Waals surface area contributed by atoms with E-state index in [-0.39, 0.29) is 6.10 Å². The molecule has 0 spiro atoms. The first kappa shape index (κ1) is 13.8. The fraction of sp³-hybridized carbons (Fsp3) is 0.909. The summed E-state index contributed by atoms with van der Waals surface area (Å²) in [4.78, 5) is 10.7. The number of carboxylic acids is 1. The molecule has 1 heterocycles. The molecule has 0 aromatic rings. The van der Waals surface area contributed by atoms with Gasteiger partial charge in [0.15, 0.2) is 6.10 Å². The second-order valence-corrected chi connectivity index (χ2v) is 5.29. The van der Waals surface area contributed by atoms with Crippen LogP contribution in [0.5, 0.6) is 0 Å². The van der Waals surface area contributed by atoms with Crippen molar-refractivity contribution in [2.75, 3.05) is 25.1 Å². The second-order valence-electron chi connectivity index (χ2n) is 4.38. The van der Waals surface area contributed by atoms with Crippen LogP contribution in [-0.2, 0) is 9.53 Å². The molecule has 16 heavy (non-hydrogen) atoms. The third-order valence-electron chi connectivity index (χ3n) is 2.70. The van der Waals surface area contributed by atoms with Crippen LogP contribution in [0.3, 0.4) is 0 Å². The molecule has 1 fully saturated rings. The highest BCUT2D eigenvalue weighted by Gasteiger charge is 2.29. The molecule has 3 unspecified atom stereocenters. The Hall–Kier alpha value is -0.260. The standard InChI is InChI=1S/C11H21NO3S/c1-8(7-16-2)5-12-6-9-3-4-10(15-9)11(13)14/h8-10,12H,3-7H2,1-2H3,(H,13,14). The Labute approximate surface area is 101 Å². The Morgan fingerprint density at radius 3 is 2.94 bits per heavy atom. The maximum absolute atomic E-state index is 10.7. The second kappa shape index (κ2) is 7.14. The van der Waals surface area contributed by atoms with Crippen molar-refractivity contribution in [3.8, 4) is 0 Å². The van der Waals surface area contributed by atoms with E-state index in [1.807, 2.05) is 11.8 Å². The summed E-state index contributed by atoms with van der Waals surface area (Å²) in [6.45, 7) is 3.94. The number of aliphatic carboxylic acids is 1. The van der Waals surface area contributed by atoms with Gasteiger partial charge in [0.2, 0.25) is 0 Å². The zero-order chi connectivity index (χ0) is 12.0. The summed E-state index contributed by atoms with van der Waals surface area (Å²) >= 11 is 1.85. The Bertz CT molecular complexity index is 225. The van der Waals surface area contributed by atoms with Crippen LogP contribution in [-0.4, -0.2) is 48.4 Å². The van der Waals surface area contributed by atoms with Crippen LogP contribution in [0.15, 0.2) is 0 Å². The average Bonchev–Trinajstić information content (AvgIpc) is 2.67. The van der Waals surface area contributed by atoms with Crippen molar-refractivity contribution in [1.82, 2.24) is 5.32 Å². The summed E-state index contributed by atoms with van der Waals surface area (Å²) < 4.78 is 5.40. The van der Waals surface area contributed by atoms with Gasteiger partial charge in [-0.2, -0.15) is 11.8 Å². The van der Waals surface area contributed by atoms with Gasteiger partial charge >= 0.3 is 5.97 Å². The zero-order valence-electron chi connectivity index (χ0n) is 9.94. The summed E-state index contributed by atoms with van der Waals surface area (Å²) in [5.74, 6) is 0.959. The third kappa shape index (κ3) is 4.72. The molecule has 0 aromatic carbocycles. The van der Waals surface area contributed by atoms with Gasteiger partial charge in [-0.1, -0.05) is 6.92 Å². The molecule has 94 valence electrons. The molecule has 0 aliphatic carbocycles. The number of nitrogens with one attached hydrogen (secondary N) is 1. The van der Waals surface area contributed by atoms with Gasteiger partial charge in [-0.15, -0.1) is 0 Å². The maximum atomic E-state index is 10.7. The molecule has 0 aromatic heterocycles. The molecule has 1 aliphatic heterocycles. The lowest BCUT2D eigenvalue weighted by Crippen LogP contribution is -2.32. The molecule has 1 aliphatic rings. The highest BCUT2D eigenvalue weighted by atomic mass is 32.2. The van der Waals surface area contributed by atoms with E-state index in [0.717, 1.165) is 25.3 Å². The summed E-state index contributed by atoms with van der Waals surface area (Å²) in [5.41, 5.74) is 0. The maximum Gasteiger partial charge on any atom is 0.332 e.